The zero-order valence-corrected chi connectivity index (χ0v) is 5.46. The molecule has 0 aromatic heterocycles. The van der Waals surface area contributed by atoms with Crippen molar-refractivity contribution in [2.45, 2.75) is 13.3 Å². The van der Waals surface area contributed by atoms with Crippen LogP contribution in [0.5, 0.6) is 0 Å². The lowest BCUT2D eigenvalue weighted by molar-refractivity contribution is -0.115. The first kappa shape index (κ1) is 7.63. The summed E-state index contributed by atoms with van der Waals surface area (Å²) in [6.07, 6.45) is 0.198. The van der Waals surface area contributed by atoms with Crippen LogP contribution < -0.4 is 0 Å². The maximum Gasteiger partial charge on any atom is 0.135 e. The summed E-state index contributed by atoms with van der Waals surface area (Å²) in [7, 11) is 0. The molecule has 0 bridgehead atoms. The summed E-state index contributed by atoms with van der Waals surface area (Å²) in [6, 6.07) is 0. The molecule has 2 nitrogen and oxygen atoms in total. The minimum absolute atomic E-state index is 0.00403. The number of carbonyl (C=O) groups excluding carboxylic acids is 1. The molecule has 0 unspecified atom stereocenters. The van der Waals surface area contributed by atoms with Gasteiger partial charge in [-0.05, 0) is 6.92 Å². The molecule has 0 heterocycles. The van der Waals surface area contributed by atoms with Gasteiger partial charge < -0.3 is 5.41 Å². The predicted molar refractivity (Wildman–Crippen MR) is 33.7 cm³/mol. The van der Waals surface area contributed by atoms with Gasteiger partial charge in [0.25, 0.3) is 0 Å². The fourth-order valence-electron chi connectivity index (χ4n) is 0.348. The Kier molecular flexibility index (Phi) is 3.44. The minimum Gasteiger partial charge on any atom is -0.308 e. The number of carbonyl (C=O) groups is 1. The van der Waals surface area contributed by atoms with E-state index in [0.29, 0.717) is 5.71 Å². The van der Waals surface area contributed by atoms with Gasteiger partial charge in [-0.25, -0.2) is 0 Å². The van der Waals surface area contributed by atoms with Crippen LogP contribution in [0.15, 0.2) is 0 Å². The van der Waals surface area contributed by atoms with Crippen LogP contribution in [0.4, 0.5) is 0 Å². The monoisotopic (exact) mass is 133 g/mol. The van der Waals surface area contributed by atoms with Gasteiger partial charge in [0.2, 0.25) is 0 Å². The van der Waals surface area contributed by atoms with E-state index in [9.17, 15) is 4.79 Å². The number of ketones is 1. The first-order valence-electron chi connectivity index (χ1n) is 2.28. The van der Waals surface area contributed by atoms with E-state index in [1.54, 1.807) is 0 Å². The number of alkyl halides is 1. The second kappa shape index (κ2) is 3.61. The highest BCUT2D eigenvalue weighted by Crippen LogP contribution is 1.87. The third-order valence-electron chi connectivity index (χ3n) is 0.624. The first-order valence-corrected chi connectivity index (χ1v) is 2.82. The van der Waals surface area contributed by atoms with Crippen LogP contribution in [0, 0.1) is 5.41 Å². The van der Waals surface area contributed by atoms with Crippen LogP contribution in [-0.4, -0.2) is 17.4 Å². The lowest BCUT2D eigenvalue weighted by Crippen LogP contribution is -2.03. The lowest BCUT2D eigenvalue weighted by Gasteiger charge is -1.90. The van der Waals surface area contributed by atoms with Crippen molar-refractivity contribution >= 4 is 23.1 Å². The van der Waals surface area contributed by atoms with Gasteiger partial charge in [0.05, 0.1) is 5.88 Å². The first-order chi connectivity index (χ1) is 3.66. The van der Waals surface area contributed by atoms with Crippen molar-refractivity contribution in [2.75, 3.05) is 5.88 Å². The third kappa shape index (κ3) is 3.81. The topological polar surface area (TPSA) is 40.9 Å². The van der Waals surface area contributed by atoms with Crippen molar-refractivity contribution in [3.8, 4) is 0 Å². The average Bonchev–Trinajstić information content (AvgIpc) is 1.65. The Hall–Kier alpha value is -0.370. The van der Waals surface area contributed by atoms with Gasteiger partial charge in [-0.2, -0.15) is 0 Å². The Morgan fingerprint density at radius 2 is 2.25 bits per heavy atom. The molecular weight excluding hydrogens is 126 g/mol. The summed E-state index contributed by atoms with van der Waals surface area (Å²) in [5.41, 5.74) is 0.291. The van der Waals surface area contributed by atoms with E-state index in [2.05, 4.69) is 0 Å². The van der Waals surface area contributed by atoms with E-state index in [0.717, 1.165) is 0 Å². The predicted octanol–water partition coefficient (Wildman–Crippen LogP) is 1.22. The number of rotatable bonds is 3. The normalized spacial score (nSPS) is 8.75. The van der Waals surface area contributed by atoms with E-state index in [4.69, 9.17) is 17.0 Å². The number of hydrogen-bond acceptors (Lipinski definition) is 2. The highest BCUT2D eigenvalue weighted by molar-refractivity contribution is 6.29. The molecule has 3 heteroatoms. The van der Waals surface area contributed by atoms with E-state index < -0.39 is 0 Å². The summed E-state index contributed by atoms with van der Waals surface area (Å²) in [5, 5.41) is 6.92. The van der Waals surface area contributed by atoms with Crippen molar-refractivity contribution in [1.29, 1.82) is 5.41 Å². The number of hydrogen-bond donors (Lipinski definition) is 1. The van der Waals surface area contributed by atoms with Crippen molar-refractivity contribution in [2.24, 2.45) is 0 Å². The van der Waals surface area contributed by atoms with Crippen molar-refractivity contribution in [1.82, 2.24) is 0 Å². The molecule has 0 aliphatic heterocycles. The van der Waals surface area contributed by atoms with E-state index in [1.807, 2.05) is 0 Å². The molecule has 1 N–H and O–H groups in total. The number of Topliss-reactive ketones (excluding diaryl/α,β-unsaturated/α-hetero) is 1. The van der Waals surface area contributed by atoms with Crippen molar-refractivity contribution in [3.63, 3.8) is 0 Å². The van der Waals surface area contributed by atoms with Crippen molar-refractivity contribution in [3.05, 3.63) is 0 Å². The van der Waals surface area contributed by atoms with Crippen LogP contribution in [0.1, 0.15) is 13.3 Å². The van der Waals surface area contributed by atoms with Gasteiger partial charge in [-0.15, -0.1) is 11.6 Å². The molecule has 0 aliphatic rings. The summed E-state index contributed by atoms with van der Waals surface area (Å²) in [6.45, 7) is 1.45. The summed E-state index contributed by atoms with van der Waals surface area (Å²) in [5.74, 6) is 0.162. The highest BCUT2D eigenvalue weighted by atomic mass is 35.5. The molecule has 8 heavy (non-hydrogen) atoms. The summed E-state index contributed by atoms with van der Waals surface area (Å²) in [4.78, 5) is 10.2. The third-order valence-corrected chi connectivity index (χ3v) is 0.946. The van der Waals surface area contributed by atoms with Gasteiger partial charge >= 0.3 is 0 Å². The zero-order valence-electron chi connectivity index (χ0n) is 4.70. The van der Waals surface area contributed by atoms with E-state index in [-0.39, 0.29) is 18.1 Å². The van der Waals surface area contributed by atoms with Gasteiger partial charge in [0, 0.05) is 12.1 Å². The number of nitrogens with one attached hydrogen (secondary N) is 1. The molecule has 0 spiro atoms. The molecule has 46 valence electrons. The molecule has 0 saturated carbocycles. The molecule has 0 radical (unpaired) electrons. The maximum atomic E-state index is 10.2. The second-order valence-electron chi connectivity index (χ2n) is 1.62. The molecule has 0 rings (SSSR count). The molecule has 0 fully saturated rings. The molecular formula is C5H8ClNO. The fourth-order valence-corrected chi connectivity index (χ4v) is 0.442. The van der Waals surface area contributed by atoms with Crippen LogP contribution in [-0.2, 0) is 4.79 Å². The van der Waals surface area contributed by atoms with Crippen LogP contribution >= 0.6 is 11.6 Å². The smallest absolute Gasteiger partial charge is 0.135 e. The highest BCUT2D eigenvalue weighted by Gasteiger charge is 1.96. The van der Waals surface area contributed by atoms with Crippen LogP contribution in [0.3, 0.4) is 0 Å². The molecule has 0 aliphatic carbocycles. The largest absolute Gasteiger partial charge is 0.308 e. The van der Waals surface area contributed by atoms with E-state index >= 15 is 0 Å². The molecule has 0 saturated heterocycles. The SMILES string of the molecule is CC(=O)CC(=N)CCl. The standard InChI is InChI=1S/C5H8ClNO/c1-4(8)2-5(7)3-6/h7H,2-3H2,1H3. The Morgan fingerprint density at radius 1 is 1.75 bits per heavy atom. The van der Waals surface area contributed by atoms with E-state index in [1.165, 1.54) is 6.92 Å². The Morgan fingerprint density at radius 3 is 2.38 bits per heavy atom. The van der Waals surface area contributed by atoms with Gasteiger partial charge in [0.1, 0.15) is 5.78 Å². The Balaban J connectivity index is 3.40. The molecule has 0 atom stereocenters. The Bertz CT molecular complexity index is 111. The van der Waals surface area contributed by atoms with Crippen LogP contribution in [0.2, 0.25) is 0 Å². The summed E-state index contributed by atoms with van der Waals surface area (Å²) >= 11 is 5.22. The second-order valence-corrected chi connectivity index (χ2v) is 1.88. The van der Waals surface area contributed by atoms with Gasteiger partial charge in [0.15, 0.2) is 0 Å². The average molecular weight is 134 g/mol. The van der Waals surface area contributed by atoms with Gasteiger partial charge in [-0.3, -0.25) is 4.79 Å². The summed E-state index contributed by atoms with van der Waals surface area (Å²) < 4.78 is 0. The minimum atomic E-state index is -0.00403. The number of halogens is 1. The molecule has 0 amide bonds. The Labute approximate surface area is 53.3 Å². The molecule has 0 aromatic rings. The fraction of sp³-hybridized carbons (Fsp3) is 0.600. The zero-order chi connectivity index (χ0) is 6.57. The quantitative estimate of drug-likeness (QED) is 0.457. The maximum absolute atomic E-state index is 10.2. The van der Waals surface area contributed by atoms with Gasteiger partial charge in [-0.1, -0.05) is 0 Å². The lowest BCUT2D eigenvalue weighted by atomic mass is 10.2. The van der Waals surface area contributed by atoms with Crippen LogP contribution in [0.25, 0.3) is 0 Å². The molecule has 0 aromatic carbocycles. The van der Waals surface area contributed by atoms with Crippen molar-refractivity contribution < 1.29 is 4.79 Å².